The van der Waals surface area contributed by atoms with Gasteiger partial charge in [0.25, 0.3) is 0 Å². The molecular weight excluding hydrogens is 330 g/mol. The molecule has 0 radical (unpaired) electrons. The Hall–Kier alpha value is -0.450. The van der Waals surface area contributed by atoms with Gasteiger partial charge < -0.3 is 9.84 Å². The maximum absolute atomic E-state index is 10.8. The van der Waals surface area contributed by atoms with Crippen molar-refractivity contribution < 1.29 is 9.84 Å². The minimum atomic E-state index is -0.498. The van der Waals surface area contributed by atoms with Crippen molar-refractivity contribution in [1.29, 1.82) is 0 Å². The number of pyridine rings is 1. The number of ether oxygens (including phenoxy) is 1. The van der Waals surface area contributed by atoms with Gasteiger partial charge in [-0.3, -0.25) is 4.98 Å². The van der Waals surface area contributed by atoms with Gasteiger partial charge in [-0.05, 0) is 66.1 Å². The van der Waals surface area contributed by atoms with E-state index in [2.05, 4.69) is 34.8 Å². The smallest absolute Gasteiger partial charge is 0.0944 e. The van der Waals surface area contributed by atoms with Gasteiger partial charge >= 0.3 is 0 Å². The molecule has 1 N–H and O–H groups in total. The minimum Gasteiger partial charge on any atom is -0.390 e. The van der Waals surface area contributed by atoms with Crippen LogP contribution in [0.2, 0.25) is 0 Å². The molecule has 0 amide bonds. The van der Waals surface area contributed by atoms with Crippen LogP contribution in [-0.2, 0) is 11.2 Å². The number of aliphatic hydroxyl groups excluding tert-OH is 1. The molecule has 1 aliphatic carbocycles. The number of hydrogen-bond donors (Lipinski definition) is 1. The zero-order valence-corrected chi connectivity index (χ0v) is 14.8. The third-order valence-corrected chi connectivity index (χ3v) is 5.15. The van der Waals surface area contributed by atoms with Crippen molar-refractivity contribution in [1.82, 2.24) is 4.98 Å². The highest BCUT2D eigenvalue weighted by Crippen LogP contribution is 2.44. The second-order valence-corrected chi connectivity index (χ2v) is 7.77. The van der Waals surface area contributed by atoms with E-state index in [0.29, 0.717) is 18.4 Å². The summed E-state index contributed by atoms with van der Waals surface area (Å²) in [6, 6.07) is 3.92. The summed E-state index contributed by atoms with van der Waals surface area (Å²) < 4.78 is 6.99. The Balaban J connectivity index is 2.08. The molecular formula is C17H26BrNO2. The first kappa shape index (κ1) is 16.9. The zero-order chi connectivity index (χ0) is 15.5. The highest BCUT2D eigenvalue weighted by Gasteiger charge is 2.44. The molecule has 1 aromatic rings. The molecule has 1 saturated carbocycles. The zero-order valence-electron chi connectivity index (χ0n) is 13.2. The van der Waals surface area contributed by atoms with E-state index in [1.54, 1.807) is 6.20 Å². The predicted molar refractivity (Wildman–Crippen MR) is 88.3 cm³/mol. The Labute approximate surface area is 136 Å². The maximum Gasteiger partial charge on any atom is 0.0944 e. The van der Waals surface area contributed by atoms with Crippen LogP contribution in [0.1, 0.15) is 52.1 Å². The molecule has 0 aliphatic heterocycles. The molecule has 0 spiro atoms. The van der Waals surface area contributed by atoms with E-state index in [4.69, 9.17) is 4.74 Å². The van der Waals surface area contributed by atoms with Crippen molar-refractivity contribution in [2.45, 2.75) is 64.6 Å². The molecule has 21 heavy (non-hydrogen) atoms. The summed E-state index contributed by atoms with van der Waals surface area (Å²) in [6.07, 6.45) is 5.86. The van der Waals surface area contributed by atoms with E-state index in [9.17, 15) is 5.11 Å². The summed E-state index contributed by atoms with van der Waals surface area (Å²) in [5.74, 6) is 0. The molecule has 4 heteroatoms. The van der Waals surface area contributed by atoms with E-state index < -0.39 is 11.7 Å². The first-order chi connectivity index (χ1) is 9.87. The molecule has 0 saturated heterocycles. The molecule has 1 aromatic heterocycles. The van der Waals surface area contributed by atoms with Crippen LogP contribution in [0.4, 0.5) is 0 Å². The van der Waals surface area contributed by atoms with Crippen LogP contribution in [0.5, 0.6) is 0 Å². The summed E-state index contributed by atoms with van der Waals surface area (Å²) in [7, 11) is 0. The van der Waals surface area contributed by atoms with Crippen LogP contribution in [-0.4, -0.2) is 28.4 Å². The fraction of sp³-hybridized carbons (Fsp3) is 0.706. The Bertz CT molecular complexity index is 448. The lowest BCUT2D eigenvalue weighted by molar-refractivity contribution is -0.151. The lowest BCUT2D eigenvalue weighted by atomic mass is 9.68. The van der Waals surface area contributed by atoms with Gasteiger partial charge in [0.1, 0.15) is 0 Å². The van der Waals surface area contributed by atoms with E-state index in [0.717, 1.165) is 35.8 Å². The van der Waals surface area contributed by atoms with Crippen LogP contribution >= 0.6 is 15.9 Å². The van der Waals surface area contributed by atoms with Crippen molar-refractivity contribution >= 4 is 15.9 Å². The van der Waals surface area contributed by atoms with Crippen molar-refractivity contribution in [3.63, 3.8) is 0 Å². The molecule has 2 rings (SSSR count). The Kier molecular flexibility index (Phi) is 5.44. The van der Waals surface area contributed by atoms with Gasteiger partial charge in [-0.15, -0.1) is 0 Å². The number of halogens is 1. The van der Waals surface area contributed by atoms with Gasteiger partial charge in [0.15, 0.2) is 0 Å². The van der Waals surface area contributed by atoms with Gasteiger partial charge in [0, 0.05) is 29.4 Å². The van der Waals surface area contributed by atoms with Gasteiger partial charge in [-0.1, -0.05) is 13.8 Å². The first-order valence-corrected chi connectivity index (χ1v) is 8.59. The number of hydrogen-bond acceptors (Lipinski definition) is 3. The van der Waals surface area contributed by atoms with Crippen LogP contribution in [0.15, 0.2) is 22.8 Å². The Morgan fingerprint density at radius 1 is 1.29 bits per heavy atom. The highest BCUT2D eigenvalue weighted by atomic mass is 79.9. The topological polar surface area (TPSA) is 42.4 Å². The van der Waals surface area contributed by atoms with E-state index in [-0.39, 0.29) is 0 Å². The number of aliphatic hydroxyl groups is 1. The molecule has 1 aliphatic rings. The van der Waals surface area contributed by atoms with Crippen LogP contribution in [0.3, 0.4) is 0 Å². The molecule has 0 aromatic carbocycles. The lowest BCUT2D eigenvalue weighted by Gasteiger charge is -2.45. The minimum absolute atomic E-state index is 0.357. The SMILES string of the molecule is CCOC1(C(O)Cc2ccc(Br)cn2)CCC(C)(C)CC1. The summed E-state index contributed by atoms with van der Waals surface area (Å²) in [4.78, 5) is 4.37. The van der Waals surface area contributed by atoms with Crippen molar-refractivity contribution in [3.8, 4) is 0 Å². The number of aromatic nitrogens is 1. The number of rotatable bonds is 5. The standard InChI is InChI=1S/C17H26BrNO2/c1-4-21-17(9-7-16(2,3)8-10-17)15(20)11-14-6-5-13(18)12-19-14/h5-6,12,15,20H,4,7-11H2,1-3H3. The molecule has 1 fully saturated rings. The normalized spacial score (nSPS) is 22.0. The van der Waals surface area contributed by atoms with Crippen molar-refractivity contribution in [2.75, 3.05) is 6.61 Å². The Morgan fingerprint density at radius 3 is 2.48 bits per heavy atom. The summed E-state index contributed by atoms with van der Waals surface area (Å²) in [6.45, 7) is 7.24. The molecule has 118 valence electrons. The average Bonchev–Trinajstić information content (AvgIpc) is 2.44. The summed E-state index contributed by atoms with van der Waals surface area (Å²) in [5, 5.41) is 10.8. The van der Waals surface area contributed by atoms with Gasteiger partial charge in [0.05, 0.1) is 11.7 Å². The quantitative estimate of drug-likeness (QED) is 0.863. The molecule has 0 bridgehead atoms. The molecule has 3 nitrogen and oxygen atoms in total. The van der Waals surface area contributed by atoms with E-state index in [1.807, 2.05) is 19.1 Å². The second-order valence-electron chi connectivity index (χ2n) is 6.85. The monoisotopic (exact) mass is 355 g/mol. The van der Waals surface area contributed by atoms with Gasteiger partial charge in [-0.25, -0.2) is 0 Å². The van der Waals surface area contributed by atoms with Crippen molar-refractivity contribution in [2.24, 2.45) is 5.41 Å². The predicted octanol–water partition coefficient (Wildman–Crippen LogP) is 4.12. The van der Waals surface area contributed by atoms with Gasteiger partial charge in [0.2, 0.25) is 0 Å². The van der Waals surface area contributed by atoms with Crippen LogP contribution < -0.4 is 0 Å². The Morgan fingerprint density at radius 2 is 1.95 bits per heavy atom. The fourth-order valence-electron chi connectivity index (χ4n) is 3.12. The summed E-state index contributed by atoms with van der Waals surface area (Å²) >= 11 is 3.39. The third-order valence-electron chi connectivity index (χ3n) is 4.68. The summed E-state index contributed by atoms with van der Waals surface area (Å²) in [5.41, 5.74) is 0.865. The number of nitrogens with zero attached hydrogens (tertiary/aromatic N) is 1. The maximum atomic E-state index is 10.8. The average molecular weight is 356 g/mol. The first-order valence-electron chi connectivity index (χ1n) is 7.79. The van der Waals surface area contributed by atoms with Gasteiger partial charge in [-0.2, -0.15) is 0 Å². The fourth-order valence-corrected chi connectivity index (χ4v) is 3.36. The van der Waals surface area contributed by atoms with Crippen LogP contribution in [0, 0.1) is 5.41 Å². The molecule has 1 atom stereocenters. The van der Waals surface area contributed by atoms with Crippen LogP contribution in [0.25, 0.3) is 0 Å². The molecule has 1 heterocycles. The lowest BCUT2D eigenvalue weighted by Crippen LogP contribution is -2.50. The third kappa shape index (κ3) is 4.27. The van der Waals surface area contributed by atoms with E-state index in [1.165, 1.54) is 0 Å². The van der Waals surface area contributed by atoms with E-state index >= 15 is 0 Å². The van der Waals surface area contributed by atoms with Crippen molar-refractivity contribution in [3.05, 3.63) is 28.5 Å². The second kappa shape index (κ2) is 6.76. The highest BCUT2D eigenvalue weighted by molar-refractivity contribution is 9.10. The molecule has 1 unspecified atom stereocenters. The largest absolute Gasteiger partial charge is 0.390 e.